The Balaban J connectivity index is 1.83. The Kier molecular flexibility index (Phi) is 7.59. The van der Waals surface area contributed by atoms with Crippen LogP contribution in [-0.2, 0) is 11.4 Å². The summed E-state index contributed by atoms with van der Waals surface area (Å²) in [4.78, 5) is 14.1. The number of aliphatic hydroxyl groups excluding tert-OH is 1. The summed E-state index contributed by atoms with van der Waals surface area (Å²) in [5.41, 5.74) is 1.66. The van der Waals surface area contributed by atoms with E-state index in [2.05, 4.69) is 15.7 Å². The predicted octanol–water partition coefficient (Wildman–Crippen LogP) is 4.01. The summed E-state index contributed by atoms with van der Waals surface area (Å²) in [6.45, 7) is -0.250. The number of aliphatic hydroxyl groups is 1. The quantitative estimate of drug-likeness (QED) is 0.192. The van der Waals surface area contributed by atoms with Crippen molar-refractivity contribution in [2.75, 3.05) is 19.5 Å². The van der Waals surface area contributed by atoms with E-state index in [1.807, 2.05) is 6.07 Å². The van der Waals surface area contributed by atoms with E-state index in [1.165, 1.54) is 13.3 Å². The van der Waals surface area contributed by atoms with Crippen LogP contribution in [-0.4, -0.2) is 40.4 Å². The monoisotopic (exact) mass is 505 g/mol. The number of nitrogens with one attached hydrogen (secondary N) is 3. The van der Waals surface area contributed by atoms with Gasteiger partial charge in [-0.05, 0) is 48.0 Å². The lowest BCUT2D eigenvalue weighted by Gasteiger charge is -2.22. The largest absolute Gasteiger partial charge is 0.497 e. The highest BCUT2D eigenvalue weighted by molar-refractivity contribution is 6.29. The van der Waals surface area contributed by atoms with Gasteiger partial charge in [0.15, 0.2) is 5.78 Å². The van der Waals surface area contributed by atoms with E-state index >= 15 is 0 Å². The minimum absolute atomic E-state index is 0.0904. The van der Waals surface area contributed by atoms with Crippen LogP contribution >= 0.6 is 0 Å². The number of benzene rings is 2. The molecular formula is C27H25F2N5O3. The van der Waals surface area contributed by atoms with Gasteiger partial charge in [-0.25, -0.2) is 13.3 Å². The molecule has 0 radical (unpaired) electrons. The van der Waals surface area contributed by atoms with Gasteiger partial charge in [0, 0.05) is 42.8 Å². The molecule has 1 unspecified atom stereocenters. The van der Waals surface area contributed by atoms with Crippen molar-refractivity contribution in [1.82, 2.24) is 14.9 Å². The van der Waals surface area contributed by atoms with Crippen molar-refractivity contribution in [3.8, 4) is 5.75 Å². The average molecular weight is 506 g/mol. The maximum absolute atomic E-state index is 14.1. The predicted molar refractivity (Wildman–Crippen MR) is 136 cm³/mol. The van der Waals surface area contributed by atoms with Crippen molar-refractivity contribution in [2.45, 2.75) is 12.6 Å². The number of rotatable bonds is 10. The molecule has 37 heavy (non-hydrogen) atoms. The van der Waals surface area contributed by atoms with Gasteiger partial charge in [0.2, 0.25) is 0 Å². The number of ether oxygens (including phenoxy) is 1. The highest BCUT2D eigenvalue weighted by Gasteiger charge is 2.29. The number of nitrogens with zero attached hydrogens (tertiary/aromatic N) is 2. The molecule has 4 aromatic rings. The summed E-state index contributed by atoms with van der Waals surface area (Å²) >= 11 is 0. The molecule has 0 aliphatic carbocycles. The summed E-state index contributed by atoms with van der Waals surface area (Å²) in [7, 11) is 3.04. The van der Waals surface area contributed by atoms with Crippen LogP contribution in [0.3, 0.4) is 0 Å². The van der Waals surface area contributed by atoms with Gasteiger partial charge >= 0.3 is 0 Å². The first-order valence-electron chi connectivity index (χ1n) is 11.3. The highest BCUT2D eigenvalue weighted by atomic mass is 19.1. The number of halogens is 2. The molecule has 4 N–H and O–H groups in total. The number of Topliss-reactive ketones (excluding diaryl/α,β-unsaturated/α-hetero) is 1. The highest BCUT2D eigenvalue weighted by Crippen LogP contribution is 2.29. The second-order valence-corrected chi connectivity index (χ2v) is 8.17. The average Bonchev–Trinajstić information content (AvgIpc) is 3.38. The summed E-state index contributed by atoms with van der Waals surface area (Å²) in [6.07, 6.45) is 2.91. The van der Waals surface area contributed by atoms with Crippen LogP contribution in [0.25, 0.3) is 5.52 Å². The second-order valence-electron chi connectivity index (χ2n) is 8.17. The van der Waals surface area contributed by atoms with Crippen LogP contribution in [0.2, 0.25) is 0 Å². The number of pyridine rings is 1. The molecule has 4 rings (SSSR count). The topological polar surface area (TPSA) is 112 Å². The SMILES string of the molecule is CN/C=C(\C(=N)c1cc(F)cc(F)c1)C(=O)C(Nc1cc(CO)cc(OC)c1)c1cccc2ccnn12. The van der Waals surface area contributed by atoms with E-state index in [9.17, 15) is 18.7 Å². The van der Waals surface area contributed by atoms with Gasteiger partial charge in [-0.15, -0.1) is 0 Å². The lowest BCUT2D eigenvalue weighted by molar-refractivity contribution is -0.116. The van der Waals surface area contributed by atoms with Crippen molar-refractivity contribution in [3.05, 3.63) is 107 Å². The molecule has 8 nitrogen and oxygen atoms in total. The first-order chi connectivity index (χ1) is 17.8. The molecule has 0 fully saturated rings. The van der Waals surface area contributed by atoms with Crippen molar-refractivity contribution in [3.63, 3.8) is 0 Å². The molecular weight excluding hydrogens is 480 g/mol. The van der Waals surface area contributed by atoms with E-state index in [0.717, 1.165) is 17.6 Å². The molecule has 10 heteroatoms. The number of hydrogen-bond donors (Lipinski definition) is 4. The molecule has 2 aromatic carbocycles. The van der Waals surface area contributed by atoms with E-state index in [0.29, 0.717) is 28.8 Å². The van der Waals surface area contributed by atoms with Gasteiger partial charge in [-0.2, -0.15) is 5.10 Å². The van der Waals surface area contributed by atoms with Crippen molar-refractivity contribution in [2.24, 2.45) is 0 Å². The van der Waals surface area contributed by atoms with Crippen LogP contribution in [0.4, 0.5) is 14.5 Å². The zero-order chi connectivity index (χ0) is 26.5. The van der Waals surface area contributed by atoms with Gasteiger partial charge in [-0.3, -0.25) is 10.2 Å². The number of methoxy groups -OCH3 is 1. The molecule has 0 saturated heterocycles. The fourth-order valence-electron chi connectivity index (χ4n) is 4.00. The normalized spacial score (nSPS) is 12.3. The molecule has 0 bridgehead atoms. The Morgan fingerprint density at radius 1 is 1.16 bits per heavy atom. The van der Waals surface area contributed by atoms with Crippen LogP contribution in [0, 0.1) is 17.0 Å². The van der Waals surface area contributed by atoms with E-state index in [1.54, 1.807) is 54.2 Å². The number of anilines is 1. The molecule has 0 saturated carbocycles. The number of fused-ring (bicyclic) bond motifs is 1. The van der Waals surface area contributed by atoms with Gasteiger partial charge in [-0.1, -0.05) is 6.07 Å². The first-order valence-corrected chi connectivity index (χ1v) is 11.3. The zero-order valence-electron chi connectivity index (χ0n) is 20.1. The third-order valence-corrected chi connectivity index (χ3v) is 5.68. The zero-order valence-corrected chi connectivity index (χ0v) is 20.1. The number of aromatic nitrogens is 2. The van der Waals surface area contributed by atoms with Crippen LogP contribution < -0.4 is 15.4 Å². The first kappa shape index (κ1) is 25.5. The molecule has 0 spiro atoms. The Morgan fingerprint density at radius 2 is 1.92 bits per heavy atom. The lowest BCUT2D eigenvalue weighted by atomic mass is 9.93. The third kappa shape index (κ3) is 5.49. The summed E-state index contributed by atoms with van der Waals surface area (Å²) < 4.78 is 34.8. The third-order valence-electron chi connectivity index (χ3n) is 5.68. The fourth-order valence-corrected chi connectivity index (χ4v) is 4.00. The standard InChI is InChI=1S/C27H25F2N5O3/c1-31-14-23(25(30)17-10-18(28)12-19(29)11-17)27(36)26(24-5-3-4-21-6-7-32-34(21)24)33-20-8-16(15-35)9-22(13-20)37-2/h3-14,26,30-31,33,35H,15H2,1-2H3/b23-14+,30-25?. The minimum atomic E-state index is -1.08. The fraction of sp³-hybridized carbons (Fsp3) is 0.148. The molecule has 0 aliphatic heterocycles. The van der Waals surface area contributed by atoms with Crippen molar-refractivity contribution < 1.29 is 23.4 Å². The minimum Gasteiger partial charge on any atom is -0.497 e. The maximum atomic E-state index is 14.1. The Morgan fingerprint density at radius 3 is 2.59 bits per heavy atom. The summed E-state index contributed by atoms with van der Waals surface area (Å²) in [5.74, 6) is -1.81. The molecule has 2 heterocycles. The lowest BCUT2D eigenvalue weighted by Crippen LogP contribution is -2.29. The van der Waals surface area contributed by atoms with E-state index < -0.39 is 23.5 Å². The van der Waals surface area contributed by atoms with Crippen molar-refractivity contribution in [1.29, 1.82) is 5.41 Å². The summed E-state index contributed by atoms with van der Waals surface area (Å²) in [6, 6.07) is 13.7. The van der Waals surface area contributed by atoms with E-state index in [4.69, 9.17) is 10.1 Å². The molecule has 1 atom stereocenters. The molecule has 2 aromatic heterocycles. The van der Waals surface area contributed by atoms with Gasteiger partial charge in [0.1, 0.15) is 23.4 Å². The number of carbonyl (C=O) groups is 1. The molecule has 190 valence electrons. The Bertz CT molecular complexity index is 1460. The Labute approximate surface area is 211 Å². The van der Waals surface area contributed by atoms with Gasteiger partial charge in [0.05, 0.1) is 36.2 Å². The number of carbonyl (C=O) groups excluding carboxylic acids is 1. The molecule has 0 aliphatic rings. The van der Waals surface area contributed by atoms with Crippen molar-refractivity contribution >= 4 is 22.7 Å². The van der Waals surface area contributed by atoms with Crippen LogP contribution in [0.1, 0.15) is 22.9 Å². The maximum Gasteiger partial charge on any atom is 0.194 e. The summed E-state index contributed by atoms with van der Waals surface area (Å²) in [5, 5.41) is 28.6. The molecule has 0 amide bonds. The smallest absolute Gasteiger partial charge is 0.194 e. The van der Waals surface area contributed by atoms with Gasteiger partial charge in [0.25, 0.3) is 0 Å². The van der Waals surface area contributed by atoms with Gasteiger partial charge < -0.3 is 20.5 Å². The number of hydrogen-bond acceptors (Lipinski definition) is 7. The van der Waals surface area contributed by atoms with E-state index in [-0.39, 0.29) is 23.5 Å². The Hall–Kier alpha value is -4.57. The van der Waals surface area contributed by atoms with Crippen LogP contribution in [0.15, 0.2) is 78.6 Å². The second kappa shape index (κ2) is 11.0. The number of ketones is 1. The van der Waals surface area contributed by atoms with Crippen LogP contribution in [0.5, 0.6) is 5.75 Å².